The topological polar surface area (TPSA) is 65.5 Å². The molecular weight excluding hydrogens is 258 g/mol. The molecule has 0 saturated heterocycles. The first-order valence-electron chi connectivity index (χ1n) is 6.47. The second-order valence-corrected chi connectivity index (χ2v) is 5.61. The summed E-state index contributed by atoms with van der Waals surface area (Å²) in [6.45, 7) is 6.88. The van der Waals surface area contributed by atoms with E-state index in [-0.39, 0.29) is 12.2 Å². The lowest BCUT2D eigenvalue weighted by Gasteiger charge is -2.21. The molecule has 110 valence electrons. The van der Waals surface area contributed by atoms with Gasteiger partial charge >= 0.3 is 5.97 Å². The minimum Gasteiger partial charge on any atom is -0.481 e. The van der Waals surface area contributed by atoms with E-state index in [1.54, 1.807) is 46.0 Å². The summed E-state index contributed by atoms with van der Waals surface area (Å²) in [5, 5.41) is 0. The maximum atomic E-state index is 12.0. The van der Waals surface area contributed by atoms with Gasteiger partial charge in [0, 0.05) is 18.7 Å². The predicted octanol–water partition coefficient (Wildman–Crippen LogP) is 2.18. The highest BCUT2D eigenvalue weighted by Gasteiger charge is 2.26. The highest BCUT2D eigenvalue weighted by atomic mass is 16.6. The van der Waals surface area contributed by atoms with Gasteiger partial charge in [0.05, 0.1) is 7.11 Å². The summed E-state index contributed by atoms with van der Waals surface area (Å²) in [5.74, 6) is -0.979. The van der Waals surface area contributed by atoms with Crippen molar-refractivity contribution in [2.45, 2.75) is 39.7 Å². The van der Waals surface area contributed by atoms with E-state index in [1.165, 1.54) is 7.11 Å². The summed E-state index contributed by atoms with van der Waals surface area (Å²) in [7, 11) is 1.53. The molecular formula is C15H21NO4. The van der Waals surface area contributed by atoms with Crippen LogP contribution < -0.4 is 4.74 Å². The SMILES string of the molecule is COc1ccc(CC(=O)C(C)C(=O)OC(C)(C)C)cn1. The number of hydrogen-bond donors (Lipinski definition) is 0. The normalized spacial score (nSPS) is 12.7. The van der Waals surface area contributed by atoms with Gasteiger partial charge in [-0.3, -0.25) is 9.59 Å². The number of methoxy groups -OCH3 is 1. The first-order chi connectivity index (χ1) is 9.23. The van der Waals surface area contributed by atoms with Crippen molar-refractivity contribution in [2.75, 3.05) is 7.11 Å². The van der Waals surface area contributed by atoms with E-state index in [4.69, 9.17) is 9.47 Å². The number of rotatable bonds is 5. The van der Waals surface area contributed by atoms with E-state index in [0.29, 0.717) is 5.88 Å². The van der Waals surface area contributed by atoms with Crippen LogP contribution in [0.15, 0.2) is 18.3 Å². The quantitative estimate of drug-likeness (QED) is 0.610. The van der Waals surface area contributed by atoms with Crippen LogP contribution in [0.25, 0.3) is 0 Å². The number of aromatic nitrogens is 1. The summed E-state index contributed by atoms with van der Waals surface area (Å²) in [5.41, 5.74) is 0.152. The Bertz CT molecular complexity index is 474. The predicted molar refractivity (Wildman–Crippen MR) is 74.5 cm³/mol. The van der Waals surface area contributed by atoms with Gasteiger partial charge in [-0.05, 0) is 33.3 Å². The average Bonchev–Trinajstić information content (AvgIpc) is 2.36. The van der Waals surface area contributed by atoms with Gasteiger partial charge in [0.2, 0.25) is 5.88 Å². The van der Waals surface area contributed by atoms with Crippen molar-refractivity contribution in [1.29, 1.82) is 0 Å². The first kappa shape index (κ1) is 16.1. The average molecular weight is 279 g/mol. The molecule has 1 atom stereocenters. The number of ketones is 1. The molecule has 0 saturated carbocycles. The Morgan fingerprint density at radius 2 is 1.95 bits per heavy atom. The summed E-state index contributed by atoms with van der Waals surface area (Å²) in [6, 6.07) is 3.44. The molecule has 20 heavy (non-hydrogen) atoms. The number of ether oxygens (including phenoxy) is 2. The van der Waals surface area contributed by atoms with Gasteiger partial charge < -0.3 is 9.47 Å². The minimum atomic E-state index is -0.781. The Kier molecular flexibility index (Phi) is 5.25. The van der Waals surface area contributed by atoms with E-state index < -0.39 is 17.5 Å². The fourth-order valence-corrected chi connectivity index (χ4v) is 1.51. The van der Waals surface area contributed by atoms with Gasteiger partial charge in [0.15, 0.2) is 5.78 Å². The number of carbonyl (C=O) groups is 2. The fourth-order valence-electron chi connectivity index (χ4n) is 1.51. The number of pyridine rings is 1. The molecule has 1 aromatic rings. The number of hydrogen-bond acceptors (Lipinski definition) is 5. The van der Waals surface area contributed by atoms with E-state index in [0.717, 1.165) is 5.56 Å². The Morgan fingerprint density at radius 1 is 1.30 bits per heavy atom. The van der Waals surface area contributed by atoms with Crippen LogP contribution in [0.4, 0.5) is 0 Å². The molecule has 0 radical (unpaired) electrons. The molecule has 0 fully saturated rings. The fraction of sp³-hybridized carbons (Fsp3) is 0.533. The molecule has 0 aliphatic heterocycles. The van der Waals surface area contributed by atoms with Crippen molar-refractivity contribution >= 4 is 11.8 Å². The van der Waals surface area contributed by atoms with Crippen LogP contribution >= 0.6 is 0 Å². The van der Waals surface area contributed by atoms with Crippen molar-refractivity contribution < 1.29 is 19.1 Å². The zero-order valence-corrected chi connectivity index (χ0v) is 12.6. The molecule has 1 rings (SSSR count). The van der Waals surface area contributed by atoms with Crippen LogP contribution in [0, 0.1) is 5.92 Å². The maximum absolute atomic E-state index is 12.0. The second kappa shape index (κ2) is 6.50. The van der Waals surface area contributed by atoms with Gasteiger partial charge in [-0.2, -0.15) is 0 Å². The van der Waals surface area contributed by atoms with Gasteiger partial charge in [-0.15, -0.1) is 0 Å². The number of esters is 1. The molecule has 0 aliphatic rings. The summed E-state index contributed by atoms with van der Waals surface area (Å²) < 4.78 is 10.1. The highest BCUT2D eigenvalue weighted by Crippen LogP contribution is 2.14. The molecule has 5 heteroatoms. The standard InChI is InChI=1S/C15H21NO4/c1-10(14(18)20-15(2,3)4)12(17)8-11-6-7-13(19-5)16-9-11/h6-7,9-10H,8H2,1-5H3. The molecule has 0 spiro atoms. The van der Waals surface area contributed by atoms with Crippen LogP contribution in [0.5, 0.6) is 5.88 Å². The lowest BCUT2D eigenvalue weighted by Crippen LogP contribution is -2.31. The highest BCUT2D eigenvalue weighted by molar-refractivity contribution is 5.99. The third-order valence-corrected chi connectivity index (χ3v) is 2.63. The van der Waals surface area contributed by atoms with Crippen molar-refractivity contribution in [3.8, 4) is 5.88 Å². The molecule has 1 heterocycles. The minimum absolute atomic E-state index is 0.150. The summed E-state index contributed by atoms with van der Waals surface area (Å²) in [4.78, 5) is 27.9. The van der Waals surface area contributed by atoms with Crippen LogP contribution in [0.3, 0.4) is 0 Å². The van der Waals surface area contributed by atoms with Gasteiger partial charge in [0.25, 0.3) is 0 Å². The smallest absolute Gasteiger partial charge is 0.316 e. The zero-order chi connectivity index (χ0) is 15.3. The Hall–Kier alpha value is -1.91. The van der Waals surface area contributed by atoms with Crippen LogP contribution in [0.1, 0.15) is 33.3 Å². The van der Waals surface area contributed by atoms with E-state index in [2.05, 4.69) is 4.98 Å². The second-order valence-electron chi connectivity index (χ2n) is 5.61. The molecule has 1 aromatic heterocycles. The third kappa shape index (κ3) is 4.99. The molecule has 0 amide bonds. The lowest BCUT2D eigenvalue weighted by molar-refractivity contribution is -0.161. The molecule has 0 aromatic carbocycles. The molecule has 0 bridgehead atoms. The van der Waals surface area contributed by atoms with E-state index in [9.17, 15) is 9.59 Å². The van der Waals surface area contributed by atoms with Crippen molar-refractivity contribution in [1.82, 2.24) is 4.98 Å². The van der Waals surface area contributed by atoms with Gasteiger partial charge in [-0.25, -0.2) is 4.98 Å². The monoisotopic (exact) mass is 279 g/mol. The van der Waals surface area contributed by atoms with Gasteiger partial charge in [-0.1, -0.05) is 6.07 Å². The van der Waals surface area contributed by atoms with Crippen molar-refractivity contribution in [2.24, 2.45) is 5.92 Å². The summed E-state index contributed by atoms with van der Waals surface area (Å²) >= 11 is 0. The van der Waals surface area contributed by atoms with Crippen molar-refractivity contribution in [3.63, 3.8) is 0 Å². The number of nitrogens with zero attached hydrogens (tertiary/aromatic N) is 1. The number of carbonyl (C=O) groups excluding carboxylic acids is 2. The van der Waals surface area contributed by atoms with Crippen LogP contribution in [-0.4, -0.2) is 29.4 Å². The van der Waals surface area contributed by atoms with Gasteiger partial charge in [0.1, 0.15) is 11.5 Å². The summed E-state index contributed by atoms with van der Waals surface area (Å²) in [6.07, 6.45) is 1.72. The maximum Gasteiger partial charge on any atom is 0.316 e. The Morgan fingerprint density at radius 3 is 2.40 bits per heavy atom. The van der Waals surface area contributed by atoms with E-state index >= 15 is 0 Å². The Labute approximate surface area is 119 Å². The molecule has 0 aliphatic carbocycles. The largest absolute Gasteiger partial charge is 0.481 e. The molecule has 0 N–H and O–H groups in total. The van der Waals surface area contributed by atoms with Crippen LogP contribution in [-0.2, 0) is 20.7 Å². The third-order valence-electron chi connectivity index (χ3n) is 2.63. The molecule has 1 unspecified atom stereocenters. The van der Waals surface area contributed by atoms with Crippen molar-refractivity contribution in [3.05, 3.63) is 23.9 Å². The first-order valence-corrected chi connectivity index (χ1v) is 6.47. The number of Topliss-reactive ketones (excluding diaryl/α,β-unsaturated/α-hetero) is 1. The lowest BCUT2D eigenvalue weighted by atomic mass is 10.0. The Balaban J connectivity index is 2.63. The molecule has 5 nitrogen and oxygen atoms in total. The zero-order valence-electron chi connectivity index (χ0n) is 12.6. The van der Waals surface area contributed by atoms with Crippen LogP contribution in [0.2, 0.25) is 0 Å². The van der Waals surface area contributed by atoms with E-state index in [1.807, 2.05) is 0 Å².